The van der Waals surface area contributed by atoms with Crippen LogP contribution in [-0.4, -0.2) is 8.42 Å². The Hall–Kier alpha value is -1.88. The van der Waals surface area contributed by atoms with E-state index in [4.69, 9.17) is 0 Å². The van der Waals surface area contributed by atoms with Gasteiger partial charge in [0.25, 0.3) is 10.0 Å². The lowest BCUT2D eigenvalue weighted by Crippen LogP contribution is -2.17. The average molecular weight is 321 g/mol. The van der Waals surface area contributed by atoms with Crippen molar-refractivity contribution in [2.24, 2.45) is 0 Å². The monoisotopic (exact) mass is 321 g/mol. The number of aryl methyl sites for hydroxylation is 3. The van der Waals surface area contributed by atoms with Gasteiger partial charge >= 0.3 is 0 Å². The van der Waals surface area contributed by atoms with Gasteiger partial charge in [-0.1, -0.05) is 6.07 Å². The molecule has 2 aromatic carbocycles. The molecule has 22 heavy (non-hydrogen) atoms. The van der Waals surface area contributed by atoms with Crippen molar-refractivity contribution in [1.82, 2.24) is 0 Å². The summed E-state index contributed by atoms with van der Waals surface area (Å²) in [5.74, 6) is -0.390. The first-order valence-corrected chi connectivity index (χ1v) is 8.48. The summed E-state index contributed by atoms with van der Waals surface area (Å²) in [6.45, 7) is 9.05. The van der Waals surface area contributed by atoms with Crippen LogP contribution in [0.1, 0.15) is 27.8 Å². The van der Waals surface area contributed by atoms with Gasteiger partial charge in [-0.2, -0.15) is 0 Å². The topological polar surface area (TPSA) is 46.2 Å². The maximum atomic E-state index is 13.2. The number of anilines is 1. The third kappa shape index (κ3) is 2.99. The molecule has 0 aliphatic carbocycles. The van der Waals surface area contributed by atoms with Crippen LogP contribution in [0.25, 0.3) is 0 Å². The minimum atomic E-state index is -3.73. The molecular formula is C17H20FNO2S. The van der Waals surface area contributed by atoms with E-state index in [9.17, 15) is 12.8 Å². The van der Waals surface area contributed by atoms with E-state index in [0.29, 0.717) is 16.1 Å². The van der Waals surface area contributed by atoms with E-state index in [2.05, 4.69) is 4.72 Å². The maximum absolute atomic E-state index is 13.2. The van der Waals surface area contributed by atoms with E-state index < -0.39 is 10.0 Å². The van der Waals surface area contributed by atoms with Crippen LogP contribution in [0.4, 0.5) is 10.1 Å². The summed E-state index contributed by atoms with van der Waals surface area (Å²) in [5.41, 5.74) is 4.26. The minimum absolute atomic E-state index is 0.300. The van der Waals surface area contributed by atoms with Gasteiger partial charge in [-0.05, 0) is 80.6 Å². The molecule has 0 bridgehead atoms. The highest BCUT2D eigenvalue weighted by Crippen LogP contribution is 2.28. The van der Waals surface area contributed by atoms with Gasteiger partial charge in [-0.25, -0.2) is 12.8 Å². The van der Waals surface area contributed by atoms with Gasteiger partial charge < -0.3 is 0 Å². The first-order valence-electron chi connectivity index (χ1n) is 7.00. The Morgan fingerprint density at radius 2 is 1.41 bits per heavy atom. The number of halogens is 1. The molecule has 0 atom stereocenters. The molecule has 0 aliphatic rings. The Labute approximate surface area is 131 Å². The highest BCUT2D eigenvalue weighted by Gasteiger charge is 2.22. The summed E-state index contributed by atoms with van der Waals surface area (Å²) in [6.07, 6.45) is 0. The summed E-state index contributed by atoms with van der Waals surface area (Å²) in [5, 5.41) is 0. The number of nitrogens with one attached hydrogen (secondary N) is 1. The van der Waals surface area contributed by atoms with Gasteiger partial charge in [0, 0.05) is 0 Å². The van der Waals surface area contributed by atoms with Crippen molar-refractivity contribution in [3.63, 3.8) is 0 Å². The van der Waals surface area contributed by atoms with Gasteiger partial charge in [0.05, 0.1) is 10.6 Å². The zero-order chi connectivity index (χ0) is 16.7. The zero-order valence-electron chi connectivity index (χ0n) is 13.4. The van der Waals surface area contributed by atoms with Crippen molar-refractivity contribution < 1.29 is 12.8 Å². The molecule has 118 valence electrons. The Balaban J connectivity index is 2.57. The standard InChI is InChI=1S/C17H20FNO2S/c1-10-8-11(2)14(5)17(13(10)4)22(20,21)19-16-7-6-15(18)9-12(16)3/h6-9,19H,1-5H3. The van der Waals surface area contributed by atoms with E-state index >= 15 is 0 Å². The van der Waals surface area contributed by atoms with Gasteiger partial charge in [0.2, 0.25) is 0 Å². The molecule has 5 heteroatoms. The normalized spacial score (nSPS) is 11.5. The van der Waals surface area contributed by atoms with Crippen molar-refractivity contribution in [2.45, 2.75) is 39.5 Å². The van der Waals surface area contributed by atoms with Crippen LogP contribution in [0.5, 0.6) is 0 Å². The number of rotatable bonds is 3. The summed E-state index contributed by atoms with van der Waals surface area (Å²) >= 11 is 0. The molecule has 2 aromatic rings. The minimum Gasteiger partial charge on any atom is -0.279 e. The van der Waals surface area contributed by atoms with Crippen molar-refractivity contribution in [2.75, 3.05) is 4.72 Å². The first-order chi connectivity index (χ1) is 10.1. The van der Waals surface area contributed by atoms with Crippen LogP contribution in [0.15, 0.2) is 29.2 Å². The molecule has 0 aliphatic heterocycles. The van der Waals surface area contributed by atoms with E-state index in [-0.39, 0.29) is 5.82 Å². The molecule has 0 spiro atoms. The van der Waals surface area contributed by atoms with Crippen molar-refractivity contribution in [3.05, 3.63) is 57.9 Å². The maximum Gasteiger partial charge on any atom is 0.262 e. The highest BCUT2D eigenvalue weighted by atomic mass is 32.2. The highest BCUT2D eigenvalue weighted by molar-refractivity contribution is 7.92. The largest absolute Gasteiger partial charge is 0.279 e. The second-order valence-electron chi connectivity index (χ2n) is 5.65. The second kappa shape index (κ2) is 5.72. The van der Waals surface area contributed by atoms with E-state index in [1.54, 1.807) is 20.8 Å². The van der Waals surface area contributed by atoms with Crippen molar-refractivity contribution >= 4 is 15.7 Å². The molecule has 0 aromatic heterocycles. The second-order valence-corrected chi connectivity index (χ2v) is 7.27. The fourth-order valence-electron chi connectivity index (χ4n) is 2.52. The van der Waals surface area contributed by atoms with Crippen LogP contribution >= 0.6 is 0 Å². The average Bonchev–Trinajstić information content (AvgIpc) is 2.40. The molecule has 0 radical (unpaired) electrons. The van der Waals surface area contributed by atoms with Crippen LogP contribution in [0.2, 0.25) is 0 Å². The third-order valence-electron chi connectivity index (χ3n) is 4.00. The predicted octanol–water partition coefficient (Wildman–Crippen LogP) is 4.17. The number of sulfonamides is 1. The van der Waals surface area contributed by atoms with Gasteiger partial charge in [-0.15, -0.1) is 0 Å². The van der Waals surface area contributed by atoms with E-state index in [1.165, 1.54) is 18.2 Å². The molecule has 0 saturated heterocycles. The number of benzene rings is 2. The van der Waals surface area contributed by atoms with Gasteiger partial charge in [0.1, 0.15) is 5.82 Å². The van der Waals surface area contributed by atoms with Crippen LogP contribution in [0, 0.1) is 40.4 Å². The molecule has 0 saturated carbocycles. The van der Waals surface area contributed by atoms with Gasteiger partial charge in [-0.3, -0.25) is 4.72 Å². The molecule has 2 rings (SSSR count). The van der Waals surface area contributed by atoms with Crippen molar-refractivity contribution in [1.29, 1.82) is 0 Å². The number of hydrogen-bond donors (Lipinski definition) is 1. The Morgan fingerprint density at radius 1 is 0.864 bits per heavy atom. The molecule has 0 amide bonds. The fraction of sp³-hybridized carbons (Fsp3) is 0.294. The Bertz CT molecular complexity index is 816. The molecule has 0 heterocycles. The van der Waals surface area contributed by atoms with E-state index in [1.807, 2.05) is 19.9 Å². The smallest absolute Gasteiger partial charge is 0.262 e. The Kier molecular flexibility index (Phi) is 4.29. The van der Waals surface area contributed by atoms with Crippen LogP contribution < -0.4 is 4.72 Å². The summed E-state index contributed by atoms with van der Waals surface area (Å²) < 4.78 is 41.3. The Morgan fingerprint density at radius 3 is 1.91 bits per heavy atom. The third-order valence-corrected chi connectivity index (χ3v) is 5.64. The zero-order valence-corrected chi connectivity index (χ0v) is 14.2. The van der Waals surface area contributed by atoms with Crippen LogP contribution in [-0.2, 0) is 10.0 Å². The lowest BCUT2D eigenvalue weighted by Gasteiger charge is -2.17. The molecule has 1 N–H and O–H groups in total. The summed E-state index contributed by atoms with van der Waals surface area (Å²) in [7, 11) is -3.73. The summed E-state index contributed by atoms with van der Waals surface area (Å²) in [4.78, 5) is 0.300. The SMILES string of the molecule is Cc1cc(F)ccc1NS(=O)(=O)c1c(C)c(C)cc(C)c1C. The quantitative estimate of drug-likeness (QED) is 0.922. The first kappa shape index (κ1) is 16.5. The molecular weight excluding hydrogens is 301 g/mol. The van der Waals surface area contributed by atoms with Crippen molar-refractivity contribution in [3.8, 4) is 0 Å². The van der Waals surface area contributed by atoms with Crippen LogP contribution in [0.3, 0.4) is 0 Å². The molecule has 0 fully saturated rings. The van der Waals surface area contributed by atoms with Gasteiger partial charge in [0.15, 0.2) is 0 Å². The molecule has 0 unspecified atom stereocenters. The number of hydrogen-bond acceptors (Lipinski definition) is 2. The molecule has 3 nitrogen and oxygen atoms in total. The fourth-order valence-corrected chi connectivity index (χ4v) is 4.27. The van der Waals surface area contributed by atoms with E-state index in [0.717, 1.165) is 22.3 Å². The lowest BCUT2D eigenvalue weighted by atomic mass is 10.0. The summed E-state index contributed by atoms with van der Waals surface area (Å²) in [6, 6.07) is 5.97. The lowest BCUT2D eigenvalue weighted by molar-refractivity contribution is 0.599. The predicted molar refractivity (Wildman–Crippen MR) is 87.3 cm³/mol.